The van der Waals surface area contributed by atoms with E-state index < -0.39 is 12.1 Å². The summed E-state index contributed by atoms with van der Waals surface area (Å²) in [4.78, 5) is 55.3. The minimum Gasteiger partial charge on any atom is -0.490 e. The molecule has 10 nitrogen and oxygen atoms in total. The number of piperidine rings is 2. The molecule has 1 aromatic heterocycles. The molecule has 10 heteroatoms. The second kappa shape index (κ2) is 11.0. The van der Waals surface area contributed by atoms with Gasteiger partial charge in [0.25, 0.3) is 0 Å². The molecule has 0 unspecified atom stereocenters. The van der Waals surface area contributed by atoms with Crippen molar-refractivity contribution in [2.24, 2.45) is 5.41 Å². The van der Waals surface area contributed by atoms with Gasteiger partial charge in [-0.05, 0) is 41.7 Å². The number of carboxylic acid groups (broad SMARTS) is 1. The first-order valence-electron chi connectivity index (χ1n) is 12.3. The van der Waals surface area contributed by atoms with Crippen LogP contribution in [0.5, 0.6) is 11.6 Å². The van der Waals surface area contributed by atoms with Gasteiger partial charge in [0.1, 0.15) is 11.9 Å². The van der Waals surface area contributed by atoms with Crippen LogP contribution in [-0.4, -0.2) is 69.5 Å². The minimum atomic E-state index is -0.989. The van der Waals surface area contributed by atoms with E-state index in [4.69, 9.17) is 14.6 Å². The van der Waals surface area contributed by atoms with Crippen LogP contribution in [0.25, 0.3) is 0 Å². The lowest BCUT2D eigenvalue weighted by Crippen LogP contribution is -2.46. The predicted molar refractivity (Wildman–Crippen MR) is 132 cm³/mol. The van der Waals surface area contributed by atoms with Gasteiger partial charge in [0.05, 0.1) is 5.56 Å². The first-order valence-corrected chi connectivity index (χ1v) is 12.3. The number of hydrogen-bond donors (Lipinski definition) is 1. The maximum Gasteiger partial charge on any atom is 0.416 e. The molecule has 2 aromatic rings. The molecule has 0 spiro atoms. The Morgan fingerprint density at radius 3 is 2.24 bits per heavy atom. The number of hydrogen-bond acceptors (Lipinski definition) is 7. The molecule has 4 rings (SSSR count). The second-order valence-corrected chi connectivity index (χ2v) is 10.2. The molecule has 2 aliphatic heterocycles. The molecule has 0 radical (unpaired) electrons. The summed E-state index contributed by atoms with van der Waals surface area (Å²) < 4.78 is 11.3. The summed E-state index contributed by atoms with van der Waals surface area (Å²) in [7, 11) is 0. The van der Waals surface area contributed by atoms with Crippen molar-refractivity contribution < 1.29 is 33.8 Å². The zero-order valence-electron chi connectivity index (χ0n) is 21.0. The highest BCUT2D eigenvalue weighted by atomic mass is 16.6. The number of rotatable bonds is 7. The number of carbonyl (C=O) groups excluding carboxylic acids is 3. The number of pyridine rings is 1. The highest BCUT2D eigenvalue weighted by molar-refractivity contribution is 5.98. The van der Waals surface area contributed by atoms with E-state index in [2.05, 4.69) is 4.98 Å². The van der Waals surface area contributed by atoms with E-state index in [1.165, 1.54) is 17.0 Å². The molecule has 1 aromatic carbocycles. The second-order valence-electron chi connectivity index (χ2n) is 10.2. The van der Waals surface area contributed by atoms with E-state index in [-0.39, 0.29) is 34.8 Å². The van der Waals surface area contributed by atoms with E-state index in [0.29, 0.717) is 57.5 Å². The number of likely N-dealkylation sites (tertiary alicyclic amines) is 2. The van der Waals surface area contributed by atoms with Crippen molar-refractivity contribution in [3.05, 3.63) is 53.7 Å². The average molecular weight is 510 g/mol. The Morgan fingerprint density at radius 1 is 1.03 bits per heavy atom. The van der Waals surface area contributed by atoms with Crippen LogP contribution in [0, 0.1) is 5.41 Å². The summed E-state index contributed by atoms with van der Waals surface area (Å²) in [5.41, 5.74) is 0.734. The standard InChI is InChI=1S/C27H31N3O7/c1-27(2)15-23(31)30(24(32)16-27)14-9-18-3-8-22(28-17-18)37-26(35)29-12-10-21(11-13-29)36-20-6-4-19(5-7-20)25(33)34/h3-8,17,21H,9-16H2,1-2H3,(H,33,34). The average Bonchev–Trinajstić information content (AvgIpc) is 2.84. The molecule has 196 valence electrons. The minimum absolute atomic E-state index is 0.0816. The molecule has 0 saturated carbocycles. The molecule has 2 fully saturated rings. The van der Waals surface area contributed by atoms with E-state index in [1.54, 1.807) is 35.4 Å². The molecule has 0 aliphatic carbocycles. The van der Waals surface area contributed by atoms with Crippen LogP contribution in [0.2, 0.25) is 0 Å². The summed E-state index contributed by atoms with van der Waals surface area (Å²) in [6.45, 7) is 5.07. The molecule has 0 atom stereocenters. The van der Waals surface area contributed by atoms with Gasteiger partial charge in [-0.2, -0.15) is 0 Å². The Hall–Kier alpha value is -3.95. The lowest BCUT2D eigenvalue weighted by Gasteiger charge is -2.34. The maximum absolute atomic E-state index is 12.6. The van der Waals surface area contributed by atoms with Crippen molar-refractivity contribution in [2.45, 2.75) is 52.1 Å². The Morgan fingerprint density at radius 2 is 1.68 bits per heavy atom. The molecular weight excluding hydrogens is 478 g/mol. The third-order valence-corrected chi connectivity index (χ3v) is 6.58. The lowest BCUT2D eigenvalue weighted by molar-refractivity contribution is -0.152. The van der Waals surface area contributed by atoms with Gasteiger partial charge in [0.15, 0.2) is 0 Å². The molecular formula is C27H31N3O7. The van der Waals surface area contributed by atoms with Crippen molar-refractivity contribution in [1.82, 2.24) is 14.8 Å². The highest BCUT2D eigenvalue weighted by Gasteiger charge is 2.37. The van der Waals surface area contributed by atoms with E-state index in [9.17, 15) is 19.2 Å². The van der Waals surface area contributed by atoms with E-state index >= 15 is 0 Å². The van der Waals surface area contributed by atoms with Gasteiger partial charge < -0.3 is 19.5 Å². The Labute approximate surface area is 215 Å². The number of aromatic carboxylic acids is 1. The Balaban J connectivity index is 1.21. The summed E-state index contributed by atoms with van der Waals surface area (Å²) in [6.07, 6.45) is 3.44. The summed E-state index contributed by atoms with van der Waals surface area (Å²) in [6, 6.07) is 9.62. The maximum atomic E-state index is 12.6. The van der Waals surface area contributed by atoms with Gasteiger partial charge in [-0.3, -0.25) is 14.5 Å². The first kappa shape index (κ1) is 26.1. The molecule has 3 heterocycles. The van der Waals surface area contributed by atoms with Crippen molar-refractivity contribution >= 4 is 23.9 Å². The Bertz CT molecular complexity index is 1130. The van der Waals surface area contributed by atoms with Gasteiger partial charge in [-0.15, -0.1) is 0 Å². The highest BCUT2D eigenvalue weighted by Crippen LogP contribution is 2.31. The van der Waals surface area contributed by atoms with Gasteiger partial charge in [0.2, 0.25) is 17.7 Å². The van der Waals surface area contributed by atoms with Crippen molar-refractivity contribution in [3.63, 3.8) is 0 Å². The third kappa shape index (κ3) is 6.84. The lowest BCUT2D eigenvalue weighted by atomic mass is 9.81. The van der Waals surface area contributed by atoms with Crippen LogP contribution in [0.15, 0.2) is 42.6 Å². The summed E-state index contributed by atoms with van der Waals surface area (Å²) >= 11 is 0. The Kier molecular flexibility index (Phi) is 7.75. The van der Waals surface area contributed by atoms with Gasteiger partial charge in [-0.1, -0.05) is 19.9 Å². The number of ether oxygens (including phenoxy) is 2. The topological polar surface area (TPSA) is 126 Å². The van der Waals surface area contributed by atoms with Crippen LogP contribution in [0.4, 0.5) is 4.79 Å². The first-order chi connectivity index (χ1) is 17.6. The largest absolute Gasteiger partial charge is 0.490 e. The number of nitrogens with zero attached hydrogens (tertiary/aromatic N) is 3. The quantitative estimate of drug-likeness (QED) is 0.562. The van der Waals surface area contributed by atoms with Crippen LogP contribution in [0.3, 0.4) is 0 Å². The number of carbonyl (C=O) groups is 4. The van der Waals surface area contributed by atoms with Gasteiger partial charge in [-0.25, -0.2) is 14.6 Å². The number of aromatic nitrogens is 1. The number of carboxylic acids is 1. The predicted octanol–water partition coefficient (Wildman–Crippen LogP) is 3.54. The van der Waals surface area contributed by atoms with Crippen molar-refractivity contribution in [1.29, 1.82) is 0 Å². The summed E-state index contributed by atoms with van der Waals surface area (Å²) in [5.74, 6) is -0.516. The third-order valence-electron chi connectivity index (χ3n) is 6.58. The molecule has 2 saturated heterocycles. The van der Waals surface area contributed by atoms with Crippen LogP contribution in [-0.2, 0) is 16.0 Å². The molecule has 1 N–H and O–H groups in total. The van der Waals surface area contributed by atoms with Crippen molar-refractivity contribution in [2.75, 3.05) is 19.6 Å². The monoisotopic (exact) mass is 509 g/mol. The summed E-state index contributed by atoms with van der Waals surface area (Å²) in [5, 5.41) is 8.98. The smallest absolute Gasteiger partial charge is 0.416 e. The zero-order valence-corrected chi connectivity index (χ0v) is 21.0. The fraction of sp³-hybridized carbons (Fsp3) is 0.444. The normalized spacial score (nSPS) is 18.0. The van der Waals surface area contributed by atoms with Gasteiger partial charge in [0, 0.05) is 57.6 Å². The van der Waals surface area contributed by atoms with Gasteiger partial charge >= 0.3 is 12.1 Å². The fourth-order valence-electron chi connectivity index (χ4n) is 4.50. The van der Waals surface area contributed by atoms with Crippen LogP contribution < -0.4 is 9.47 Å². The molecule has 2 aliphatic rings. The molecule has 3 amide bonds. The molecule has 0 bridgehead atoms. The van der Waals surface area contributed by atoms with E-state index in [0.717, 1.165) is 5.56 Å². The SMILES string of the molecule is CC1(C)CC(=O)N(CCc2ccc(OC(=O)N3CCC(Oc4ccc(C(=O)O)cc4)CC3)nc2)C(=O)C1. The molecule has 37 heavy (non-hydrogen) atoms. The fourth-order valence-corrected chi connectivity index (χ4v) is 4.50. The van der Waals surface area contributed by atoms with Crippen molar-refractivity contribution in [3.8, 4) is 11.6 Å². The zero-order chi connectivity index (χ0) is 26.6. The van der Waals surface area contributed by atoms with Crippen LogP contribution in [0.1, 0.15) is 55.5 Å². The van der Waals surface area contributed by atoms with Crippen LogP contribution >= 0.6 is 0 Å². The number of benzene rings is 1. The van der Waals surface area contributed by atoms with E-state index in [1.807, 2.05) is 13.8 Å². The number of imide groups is 1. The number of amides is 3.